The molecule has 2 aromatic carbocycles. The SMILES string of the molecule is O=C(Nc1cnc2ccc(C(=O)O)cn12)OCC1c2ccccc2-c2ccccc21. The fourth-order valence-electron chi connectivity index (χ4n) is 3.94. The molecule has 7 nitrogen and oxygen atoms in total. The second kappa shape index (κ2) is 7.04. The van der Waals surface area contributed by atoms with Crippen LogP contribution in [0.4, 0.5) is 10.6 Å². The number of carbonyl (C=O) groups is 2. The molecule has 7 heteroatoms. The number of ether oxygens (including phenoxy) is 1. The molecule has 2 N–H and O–H groups in total. The predicted molar refractivity (Wildman–Crippen MR) is 111 cm³/mol. The minimum atomic E-state index is -1.06. The van der Waals surface area contributed by atoms with Crippen molar-refractivity contribution in [2.45, 2.75) is 5.92 Å². The van der Waals surface area contributed by atoms with Gasteiger partial charge in [-0.3, -0.25) is 9.72 Å². The highest BCUT2D eigenvalue weighted by atomic mass is 16.5. The molecule has 2 heterocycles. The van der Waals surface area contributed by atoms with Crippen LogP contribution in [0.5, 0.6) is 0 Å². The molecule has 0 bridgehead atoms. The van der Waals surface area contributed by atoms with E-state index in [9.17, 15) is 14.7 Å². The first-order valence-corrected chi connectivity index (χ1v) is 9.44. The third-order valence-electron chi connectivity index (χ3n) is 5.33. The molecule has 0 atom stereocenters. The van der Waals surface area contributed by atoms with E-state index in [1.165, 1.54) is 22.9 Å². The monoisotopic (exact) mass is 399 g/mol. The number of carboxylic acids is 1. The summed E-state index contributed by atoms with van der Waals surface area (Å²) >= 11 is 0. The lowest BCUT2D eigenvalue weighted by molar-refractivity contribution is 0.0696. The van der Waals surface area contributed by atoms with Crippen molar-refractivity contribution in [2.75, 3.05) is 11.9 Å². The van der Waals surface area contributed by atoms with Crippen LogP contribution in [0.3, 0.4) is 0 Å². The number of aromatic carboxylic acids is 1. The van der Waals surface area contributed by atoms with Gasteiger partial charge < -0.3 is 9.84 Å². The maximum atomic E-state index is 12.5. The molecule has 0 saturated carbocycles. The number of anilines is 1. The number of hydrogen-bond acceptors (Lipinski definition) is 4. The molecule has 0 saturated heterocycles. The molecule has 1 amide bonds. The first kappa shape index (κ1) is 17.9. The second-order valence-corrected chi connectivity index (χ2v) is 7.05. The number of pyridine rings is 1. The standard InChI is InChI=1S/C23H17N3O4/c27-22(28)14-9-10-20-24-11-21(26(20)12-14)25-23(29)30-13-19-17-7-3-1-5-15(17)16-6-2-4-8-18(16)19/h1-12,19H,13H2,(H,25,29)(H,27,28). The number of amides is 1. The van der Waals surface area contributed by atoms with Crippen molar-refractivity contribution < 1.29 is 19.4 Å². The van der Waals surface area contributed by atoms with E-state index in [1.54, 1.807) is 6.07 Å². The predicted octanol–water partition coefficient (Wildman–Crippen LogP) is 4.39. The summed E-state index contributed by atoms with van der Waals surface area (Å²) in [5, 5.41) is 11.8. The third-order valence-corrected chi connectivity index (χ3v) is 5.33. The number of nitrogens with zero attached hydrogens (tertiary/aromatic N) is 2. The number of benzene rings is 2. The van der Waals surface area contributed by atoms with E-state index in [0.29, 0.717) is 11.5 Å². The van der Waals surface area contributed by atoms with Crippen molar-refractivity contribution in [3.63, 3.8) is 0 Å². The zero-order valence-electron chi connectivity index (χ0n) is 15.8. The van der Waals surface area contributed by atoms with Gasteiger partial charge in [-0.1, -0.05) is 48.5 Å². The molecule has 30 heavy (non-hydrogen) atoms. The number of nitrogens with one attached hydrogen (secondary N) is 1. The molecule has 5 rings (SSSR count). The molecule has 0 spiro atoms. The minimum Gasteiger partial charge on any atom is -0.478 e. The second-order valence-electron chi connectivity index (χ2n) is 7.05. The van der Waals surface area contributed by atoms with Crippen LogP contribution >= 0.6 is 0 Å². The highest BCUT2D eigenvalue weighted by Crippen LogP contribution is 2.44. The number of hydrogen-bond donors (Lipinski definition) is 2. The van der Waals surface area contributed by atoms with Gasteiger partial charge in [-0.25, -0.2) is 14.6 Å². The lowest BCUT2D eigenvalue weighted by atomic mass is 9.98. The summed E-state index contributed by atoms with van der Waals surface area (Å²) in [5.41, 5.74) is 5.19. The number of carboxylic acid groups (broad SMARTS) is 1. The van der Waals surface area contributed by atoms with E-state index in [-0.39, 0.29) is 18.1 Å². The maximum Gasteiger partial charge on any atom is 0.412 e. The molecule has 0 unspecified atom stereocenters. The van der Waals surface area contributed by atoms with Crippen LogP contribution in [0.25, 0.3) is 16.8 Å². The van der Waals surface area contributed by atoms with Gasteiger partial charge >= 0.3 is 12.1 Å². The number of carbonyl (C=O) groups excluding carboxylic acids is 1. The summed E-state index contributed by atoms with van der Waals surface area (Å²) in [5.74, 6) is -0.757. The summed E-state index contributed by atoms with van der Waals surface area (Å²) in [6.45, 7) is 0.191. The Morgan fingerprint density at radius 3 is 2.33 bits per heavy atom. The summed E-state index contributed by atoms with van der Waals surface area (Å²) in [4.78, 5) is 27.8. The Hall–Kier alpha value is -4.13. The van der Waals surface area contributed by atoms with Crippen LogP contribution in [0.15, 0.2) is 73.1 Å². The first-order valence-electron chi connectivity index (χ1n) is 9.44. The van der Waals surface area contributed by atoms with E-state index in [0.717, 1.165) is 22.3 Å². The van der Waals surface area contributed by atoms with Crippen molar-refractivity contribution >= 4 is 23.5 Å². The number of fused-ring (bicyclic) bond motifs is 4. The van der Waals surface area contributed by atoms with Crippen LogP contribution in [0, 0.1) is 0 Å². The minimum absolute atomic E-state index is 0.0380. The van der Waals surface area contributed by atoms with Gasteiger partial charge in [0.1, 0.15) is 18.1 Å². The molecular weight excluding hydrogens is 382 g/mol. The molecule has 0 fully saturated rings. The molecule has 148 valence electrons. The van der Waals surface area contributed by atoms with Crippen LogP contribution in [0.2, 0.25) is 0 Å². The lowest BCUT2D eigenvalue weighted by Gasteiger charge is -2.14. The summed E-state index contributed by atoms with van der Waals surface area (Å²) in [6.07, 6.45) is 2.24. The topological polar surface area (TPSA) is 92.9 Å². The third kappa shape index (κ3) is 2.97. The molecule has 0 radical (unpaired) electrons. The van der Waals surface area contributed by atoms with E-state index < -0.39 is 12.1 Å². The first-order chi connectivity index (χ1) is 14.6. The largest absolute Gasteiger partial charge is 0.478 e. The van der Waals surface area contributed by atoms with Crippen molar-refractivity contribution in [3.05, 3.63) is 89.7 Å². The molecule has 1 aliphatic carbocycles. The van der Waals surface area contributed by atoms with E-state index in [2.05, 4.69) is 34.6 Å². The van der Waals surface area contributed by atoms with Gasteiger partial charge in [-0.15, -0.1) is 0 Å². The summed E-state index contributed by atoms with van der Waals surface area (Å²) in [6, 6.07) is 19.3. The van der Waals surface area contributed by atoms with Gasteiger partial charge in [0.05, 0.1) is 11.8 Å². The van der Waals surface area contributed by atoms with Crippen molar-refractivity contribution in [2.24, 2.45) is 0 Å². The lowest BCUT2D eigenvalue weighted by Crippen LogP contribution is -2.18. The smallest absolute Gasteiger partial charge is 0.412 e. The fourth-order valence-corrected chi connectivity index (χ4v) is 3.94. The van der Waals surface area contributed by atoms with Crippen molar-refractivity contribution in [3.8, 4) is 11.1 Å². The average Bonchev–Trinajstić information content (AvgIpc) is 3.31. The van der Waals surface area contributed by atoms with Gasteiger partial charge in [0.25, 0.3) is 0 Å². The van der Waals surface area contributed by atoms with Gasteiger partial charge in [-0.2, -0.15) is 0 Å². The normalized spacial score (nSPS) is 12.4. The fraction of sp³-hybridized carbons (Fsp3) is 0.0870. The molecule has 2 aromatic heterocycles. The molecule has 4 aromatic rings. The summed E-state index contributed by atoms with van der Waals surface area (Å²) in [7, 11) is 0. The van der Waals surface area contributed by atoms with E-state index in [1.807, 2.05) is 24.3 Å². The Bertz CT molecular complexity index is 1250. The zero-order chi connectivity index (χ0) is 20.7. The highest BCUT2D eigenvalue weighted by molar-refractivity contribution is 5.88. The van der Waals surface area contributed by atoms with Crippen LogP contribution in [0.1, 0.15) is 27.4 Å². The van der Waals surface area contributed by atoms with Crippen LogP contribution in [-0.4, -0.2) is 33.2 Å². The van der Waals surface area contributed by atoms with Crippen molar-refractivity contribution in [1.82, 2.24) is 9.38 Å². The Morgan fingerprint density at radius 1 is 1.00 bits per heavy atom. The quantitative estimate of drug-likeness (QED) is 0.531. The number of imidazole rings is 1. The van der Waals surface area contributed by atoms with Gasteiger partial charge in [0, 0.05) is 12.1 Å². The van der Waals surface area contributed by atoms with Gasteiger partial charge in [-0.05, 0) is 34.4 Å². The van der Waals surface area contributed by atoms with Gasteiger partial charge in [0.15, 0.2) is 0 Å². The Balaban J connectivity index is 1.34. The van der Waals surface area contributed by atoms with Crippen LogP contribution < -0.4 is 5.32 Å². The van der Waals surface area contributed by atoms with E-state index in [4.69, 9.17) is 4.74 Å². The Kier molecular flexibility index (Phi) is 4.21. The van der Waals surface area contributed by atoms with Crippen molar-refractivity contribution in [1.29, 1.82) is 0 Å². The van der Waals surface area contributed by atoms with Gasteiger partial charge in [0.2, 0.25) is 0 Å². The number of aromatic nitrogens is 2. The highest BCUT2D eigenvalue weighted by Gasteiger charge is 2.29. The Morgan fingerprint density at radius 2 is 1.67 bits per heavy atom. The molecular formula is C23H17N3O4. The van der Waals surface area contributed by atoms with E-state index >= 15 is 0 Å². The summed E-state index contributed by atoms with van der Waals surface area (Å²) < 4.78 is 7.04. The molecule has 1 aliphatic rings. The average molecular weight is 399 g/mol. The maximum absolute atomic E-state index is 12.5. The molecule has 0 aliphatic heterocycles. The number of rotatable bonds is 4. The zero-order valence-corrected chi connectivity index (χ0v) is 15.8. The Labute approximate surface area is 171 Å². The van der Waals surface area contributed by atoms with Crippen LogP contribution in [-0.2, 0) is 4.74 Å².